The van der Waals surface area contributed by atoms with Crippen LogP contribution in [-0.4, -0.2) is 27.5 Å². The molecule has 0 spiro atoms. The average molecular weight is 828 g/mol. The van der Waals surface area contributed by atoms with Crippen LogP contribution in [0, 0.1) is 0 Å². The van der Waals surface area contributed by atoms with Gasteiger partial charge < -0.3 is 0 Å². The van der Waals surface area contributed by atoms with E-state index in [0.717, 1.165) is 86.2 Å². The maximum Gasteiger partial charge on any atom is 0.504 e. The summed E-state index contributed by atoms with van der Waals surface area (Å²) in [5, 5.41) is 14.9. The fourth-order valence-corrected chi connectivity index (χ4v) is 10.3. The first-order valence-corrected chi connectivity index (χ1v) is 21.6. The first kappa shape index (κ1) is 39.5. The number of rotatable bonds is 6. The van der Waals surface area contributed by atoms with Crippen LogP contribution < -0.4 is 21.9 Å². The minimum absolute atomic E-state index is 0.704. The Morgan fingerprint density at radius 1 is 0.203 bits per heavy atom. The summed E-state index contributed by atoms with van der Waals surface area (Å²) in [7, 11) is -5.11. The number of hydrogen-bond acceptors (Lipinski definition) is 0. The van der Waals surface area contributed by atoms with Gasteiger partial charge in [-0.2, -0.15) is 0 Å². The summed E-state index contributed by atoms with van der Waals surface area (Å²) in [5.74, 6) is 0. The van der Waals surface area contributed by atoms with E-state index >= 15 is 17.3 Å². The van der Waals surface area contributed by atoms with E-state index in [1.807, 2.05) is 194 Å². The van der Waals surface area contributed by atoms with Crippen LogP contribution in [0.5, 0.6) is 0 Å². The highest BCUT2D eigenvalue weighted by Crippen LogP contribution is 2.29. The summed E-state index contributed by atoms with van der Waals surface area (Å²) in [5.41, 5.74) is 2.82. The zero-order valence-electron chi connectivity index (χ0n) is 34.6. The molecule has 0 saturated carbocycles. The minimum Gasteiger partial charge on any atom is -0.297 e. The zero-order valence-corrected chi connectivity index (χ0v) is 34.6. The molecule has 0 aliphatic carbocycles. The minimum atomic E-state index is -2.56. The summed E-state index contributed by atoms with van der Waals surface area (Å²) < 4.78 is 60.7. The van der Waals surface area contributed by atoms with Gasteiger partial charge in [0.1, 0.15) is 0 Å². The molecule has 0 unspecified atom stereocenters. The van der Waals surface area contributed by atoms with Gasteiger partial charge in [0, 0.05) is 0 Å². The Hall–Kier alpha value is -7.30. The Bertz CT molecular complexity index is 3040. The van der Waals surface area contributed by atoms with Crippen molar-refractivity contribution in [3.63, 3.8) is 0 Å². The van der Waals surface area contributed by atoms with Gasteiger partial charge in [0.15, 0.2) is 0 Å². The lowest BCUT2D eigenvalue weighted by Gasteiger charge is -2.21. The van der Waals surface area contributed by atoms with Gasteiger partial charge in [-0.1, -0.05) is 216 Å². The molecule has 12 rings (SSSR count). The van der Waals surface area contributed by atoms with E-state index in [2.05, 4.69) is 24.3 Å². The predicted octanol–water partition coefficient (Wildman–Crippen LogP) is 12.8. The maximum atomic E-state index is 15.2. The van der Waals surface area contributed by atoms with Crippen LogP contribution in [0.2, 0.25) is 0 Å². The molecule has 12 aromatic rings. The first-order chi connectivity index (χ1) is 31.4. The molecule has 8 heteroatoms. The fourth-order valence-electron chi connectivity index (χ4n) is 10.3. The zero-order chi connectivity index (χ0) is 43.3. The third-order valence-electron chi connectivity index (χ3n) is 13.0. The summed E-state index contributed by atoms with van der Waals surface area (Å²) in [4.78, 5) is 0. The Morgan fingerprint density at radius 3 is 0.484 bits per heavy atom. The van der Waals surface area contributed by atoms with E-state index in [0.29, 0.717) is 21.9 Å². The van der Waals surface area contributed by atoms with Crippen molar-refractivity contribution in [1.29, 1.82) is 0 Å². The van der Waals surface area contributed by atoms with E-state index in [1.54, 1.807) is 0 Å². The molecule has 0 aliphatic rings. The Kier molecular flexibility index (Phi) is 10.2. The Balaban J connectivity index is 0.000000143. The Morgan fingerprint density at radius 2 is 0.344 bits per heavy atom. The van der Waals surface area contributed by atoms with Gasteiger partial charge in [-0.05, 0) is 110 Å². The molecule has 0 bridgehead atoms. The molecule has 12 aromatic carbocycles. The smallest absolute Gasteiger partial charge is 0.297 e. The summed E-state index contributed by atoms with van der Waals surface area (Å²) in [6.07, 6.45) is 0. The SMILES string of the molecule is FB(F)B(c1c2ccccc2cc2ccccc12)c1c2ccccc2cc2ccccc12.FB(F)B(c1c2ccccc2cc2ccccc12)c1c2ccccc2cc2ccccc12. The largest absolute Gasteiger partial charge is 0.504 e. The standard InChI is InChI=1S/2C28H18B2F2/c2*31-30(32)29(27-23-13-5-1-9-19(23)17-20-10-2-6-14-24(20)27)28-25-15-7-3-11-21(25)18-22-12-4-8-16-26(22)28/h2*1-18H. The molecule has 64 heavy (non-hydrogen) atoms. The summed E-state index contributed by atoms with van der Waals surface area (Å²) in [6, 6.07) is 71.4. The lowest BCUT2D eigenvalue weighted by Crippen LogP contribution is -2.52. The fraction of sp³-hybridized carbons (Fsp3) is 0. The molecular weight excluding hydrogens is 792 g/mol. The second kappa shape index (κ2) is 16.4. The molecule has 0 aromatic heterocycles. The van der Waals surface area contributed by atoms with Crippen molar-refractivity contribution in [3.8, 4) is 0 Å². The van der Waals surface area contributed by atoms with Gasteiger partial charge in [-0.25, -0.2) is 0 Å². The van der Waals surface area contributed by atoms with Crippen molar-refractivity contribution >= 4 is 136 Å². The second-order valence-electron chi connectivity index (χ2n) is 16.6. The highest BCUT2D eigenvalue weighted by atomic mass is 19.2. The van der Waals surface area contributed by atoms with Gasteiger partial charge in [-0.3, -0.25) is 17.3 Å². The van der Waals surface area contributed by atoms with Crippen LogP contribution in [0.3, 0.4) is 0 Å². The van der Waals surface area contributed by atoms with Gasteiger partial charge in [0.05, 0.1) is 0 Å². The van der Waals surface area contributed by atoms with Crippen LogP contribution in [0.1, 0.15) is 0 Å². The van der Waals surface area contributed by atoms with Crippen LogP contribution in [0.25, 0.3) is 86.2 Å². The van der Waals surface area contributed by atoms with Crippen molar-refractivity contribution < 1.29 is 17.3 Å². The monoisotopic (exact) mass is 828 g/mol. The third-order valence-corrected chi connectivity index (χ3v) is 13.0. The van der Waals surface area contributed by atoms with Crippen molar-refractivity contribution in [3.05, 3.63) is 218 Å². The molecule has 0 aliphatic heterocycles. The van der Waals surface area contributed by atoms with E-state index in [-0.39, 0.29) is 0 Å². The highest BCUT2D eigenvalue weighted by Gasteiger charge is 2.41. The number of hydrogen-bond donors (Lipinski definition) is 0. The number of benzene rings is 12. The molecule has 300 valence electrons. The quantitative estimate of drug-likeness (QED) is 0.0890. The van der Waals surface area contributed by atoms with Crippen molar-refractivity contribution in [2.24, 2.45) is 0 Å². The molecule has 0 atom stereocenters. The predicted molar refractivity (Wildman–Crippen MR) is 272 cm³/mol. The molecule has 0 radical (unpaired) electrons. The summed E-state index contributed by atoms with van der Waals surface area (Å²) >= 11 is 0. The lowest BCUT2D eigenvalue weighted by atomic mass is 9.20. The second-order valence-corrected chi connectivity index (χ2v) is 16.6. The molecule has 0 heterocycles. The maximum absolute atomic E-state index is 15.2. The molecule has 0 fully saturated rings. The Labute approximate surface area is 369 Å². The lowest BCUT2D eigenvalue weighted by molar-refractivity contribution is 0.694. The number of fused-ring (bicyclic) bond motifs is 8. The van der Waals surface area contributed by atoms with E-state index in [4.69, 9.17) is 0 Å². The van der Waals surface area contributed by atoms with E-state index in [9.17, 15) is 0 Å². The number of halogens is 4. The molecule has 0 N–H and O–H groups in total. The van der Waals surface area contributed by atoms with Gasteiger partial charge in [-0.15, -0.1) is 0 Å². The average Bonchev–Trinajstić information content (AvgIpc) is 3.33. The summed E-state index contributed by atoms with van der Waals surface area (Å²) in [6.45, 7) is -2.11. The third kappa shape index (κ3) is 6.76. The van der Waals surface area contributed by atoms with Crippen LogP contribution >= 0.6 is 0 Å². The van der Waals surface area contributed by atoms with E-state index < -0.39 is 27.5 Å². The van der Waals surface area contributed by atoms with Crippen molar-refractivity contribution in [2.45, 2.75) is 0 Å². The molecular formula is C56H36B4F4. The van der Waals surface area contributed by atoms with Crippen molar-refractivity contribution in [1.82, 2.24) is 0 Å². The molecule has 0 nitrogen and oxygen atoms in total. The molecule has 0 saturated heterocycles. The van der Waals surface area contributed by atoms with Gasteiger partial charge >= 0.3 is 14.3 Å². The highest BCUT2D eigenvalue weighted by molar-refractivity contribution is 7.31. The molecule has 0 amide bonds. The first-order valence-electron chi connectivity index (χ1n) is 21.6. The topological polar surface area (TPSA) is 0 Å². The van der Waals surface area contributed by atoms with Gasteiger partial charge in [0.2, 0.25) is 0 Å². The van der Waals surface area contributed by atoms with Crippen molar-refractivity contribution in [2.75, 3.05) is 0 Å². The van der Waals surface area contributed by atoms with E-state index in [1.165, 1.54) is 0 Å². The van der Waals surface area contributed by atoms with Crippen LogP contribution in [-0.2, 0) is 0 Å². The van der Waals surface area contributed by atoms with Crippen LogP contribution in [0.15, 0.2) is 218 Å². The normalized spacial score (nSPS) is 11.4. The van der Waals surface area contributed by atoms with Gasteiger partial charge in [0.25, 0.3) is 13.2 Å². The van der Waals surface area contributed by atoms with Crippen LogP contribution in [0.4, 0.5) is 17.3 Å².